The highest BCUT2D eigenvalue weighted by Gasteiger charge is 2.29. The molecule has 4 rings (SSSR count). The Morgan fingerprint density at radius 1 is 0.944 bits per heavy atom. The van der Waals surface area contributed by atoms with Crippen molar-refractivity contribution < 1.29 is 14.3 Å². The molecule has 1 amide bonds. The van der Waals surface area contributed by atoms with Gasteiger partial charge in [0, 0.05) is 30.8 Å². The number of nitrogens with zero attached hydrogens (tertiary/aromatic N) is 2. The van der Waals surface area contributed by atoms with Gasteiger partial charge in [-0.15, -0.1) is 0 Å². The molecule has 0 saturated carbocycles. The summed E-state index contributed by atoms with van der Waals surface area (Å²) in [7, 11) is 0. The van der Waals surface area contributed by atoms with Gasteiger partial charge in [-0.3, -0.25) is 4.99 Å². The normalized spacial score (nSPS) is 12.6. The molecule has 0 aromatic heterocycles. The Morgan fingerprint density at radius 2 is 1.64 bits per heavy atom. The molecule has 0 radical (unpaired) electrons. The first-order valence-electron chi connectivity index (χ1n) is 12.8. The fourth-order valence-electron chi connectivity index (χ4n) is 4.70. The standard InChI is InChI=1S/C30H35N3O3/c1-4-18-35-23-13-11-12-22(19-23)33(6-3)29(31-5-2)20-32-30(34)36-21-28-26-16-9-7-14-24(26)25-15-8-10-17-27(25)28/h7-17,19,28H,4-6,18,20-21H2,1-3H3,(H,32,34)/b31-29+. The van der Waals surface area contributed by atoms with Crippen LogP contribution in [0.3, 0.4) is 0 Å². The summed E-state index contributed by atoms with van der Waals surface area (Å²) in [5.41, 5.74) is 5.79. The lowest BCUT2D eigenvalue weighted by atomic mass is 9.98. The van der Waals surface area contributed by atoms with Crippen LogP contribution in [0.2, 0.25) is 0 Å². The maximum absolute atomic E-state index is 12.7. The first-order valence-corrected chi connectivity index (χ1v) is 12.8. The van der Waals surface area contributed by atoms with Crippen molar-refractivity contribution in [1.82, 2.24) is 5.32 Å². The Balaban J connectivity index is 1.40. The van der Waals surface area contributed by atoms with Crippen LogP contribution in [0.5, 0.6) is 5.75 Å². The van der Waals surface area contributed by atoms with Crippen LogP contribution in [0.25, 0.3) is 11.1 Å². The molecule has 1 aliphatic carbocycles. The average Bonchev–Trinajstić information content (AvgIpc) is 3.23. The van der Waals surface area contributed by atoms with Crippen molar-refractivity contribution in [2.75, 3.05) is 37.7 Å². The van der Waals surface area contributed by atoms with Gasteiger partial charge in [-0.2, -0.15) is 0 Å². The molecule has 6 heteroatoms. The molecule has 6 nitrogen and oxygen atoms in total. The molecule has 0 unspecified atom stereocenters. The van der Waals surface area contributed by atoms with Crippen LogP contribution in [0.15, 0.2) is 77.8 Å². The van der Waals surface area contributed by atoms with Gasteiger partial charge in [-0.1, -0.05) is 61.5 Å². The fraction of sp³-hybridized carbons (Fsp3) is 0.333. The third-order valence-corrected chi connectivity index (χ3v) is 6.31. The molecule has 1 aliphatic rings. The SMILES string of the molecule is CCCOc1cccc(N(CC)/C(CNC(=O)OCC2c3ccccc3-c3ccccc32)=N/CC)c1. The molecule has 36 heavy (non-hydrogen) atoms. The first kappa shape index (κ1) is 25.3. The van der Waals surface area contributed by atoms with Crippen LogP contribution < -0.4 is 15.0 Å². The van der Waals surface area contributed by atoms with E-state index in [2.05, 4.69) is 53.3 Å². The molecular weight excluding hydrogens is 450 g/mol. The Morgan fingerprint density at radius 3 is 2.28 bits per heavy atom. The van der Waals surface area contributed by atoms with Crippen LogP contribution in [0.4, 0.5) is 10.5 Å². The van der Waals surface area contributed by atoms with Gasteiger partial charge in [-0.25, -0.2) is 4.79 Å². The molecule has 0 bridgehead atoms. The number of benzene rings is 3. The van der Waals surface area contributed by atoms with Crippen molar-refractivity contribution in [3.8, 4) is 16.9 Å². The highest BCUT2D eigenvalue weighted by atomic mass is 16.5. The monoisotopic (exact) mass is 485 g/mol. The molecular formula is C30H35N3O3. The number of carbonyl (C=O) groups excluding carboxylic acids is 1. The fourth-order valence-corrected chi connectivity index (χ4v) is 4.70. The lowest BCUT2D eigenvalue weighted by Gasteiger charge is -2.26. The predicted octanol–water partition coefficient (Wildman–Crippen LogP) is 6.26. The van der Waals surface area contributed by atoms with Crippen molar-refractivity contribution in [2.45, 2.75) is 33.1 Å². The molecule has 1 N–H and O–H groups in total. The number of rotatable bonds is 10. The van der Waals surface area contributed by atoms with Gasteiger partial charge < -0.3 is 19.7 Å². The Hall–Kier alpha value is -3.80. The summed E-state index contributed by atoms with van der Waals surface area (Å²) in [5.74, 6) is 1.64. The zero-order valence-electron chi connectivity index (χ0n) is 21.4. The highest BCUT2D eigenvalue weighted by Crippen LogP contribution is 2.44. The van der Waals surface area contributed by atoms with Gasteiger partial charge in [0.2, 0.25) is 0 Å². The first-order chi connectivity index (χ1) is 17.7. The third-order valence-electron chi connectivity index (χ3n) is 6.31. The van der Waals surface area contributed by atoms with E-state index in [1.807, 2.05) is 55.5 Å². The minimum absolute atomic E-state index is 0.0323. The van der Waals surface area contributed by atoms with Crippen LogP contribution >= 0.6 is 0 Å². The van der Waals surface area contributed by atoms with E-state index in [1.54, 1.807) is 0 Å². The van der Waals surface area contributed by atoms with E-state index in [1.165, 1.54) is 22.3 Å². The number of likely N-dealkylation sites (N-methyl/N-ethyl adjacent to an activating group) is 1. The number of amidine groups is 1. The number of carbonyl (C=O) groups is 1. The van der Waals surface area contributed by atoms with E-state index in [0.29, 0.717) is 19.7 Å². The number of hydrogen-bond acceptors (Lipinski definition) is 4. The molecule has 0 saturated heterocycles. The summed E-state index contributed by atoms with van der Waals surface area (Å²) >= 11 is 0. The van der Waals surface area contributed by atoms with E-state index < -0.39 is 6.09 Å². The van der Waals surface area contributed by atoms with Crippen molar-refractivity contribution >= 4 is 17.6 Å². The average molecular weight is 486 g/mol. The van der Waals surface area contributed by atoms with Crippen molar-refractivity contribution in [1.29, 1.82) is 0 Å². The summed E-state index contributed by atoms with van der Waals surface area (Å²) in [6.45, 7) is 8.71. The largest absolute Gasteiger partial charge is 0.494 e. The van der Waals surface area contributed by atoms with Crippen LogP contribution in [-0.4, -0.2) is 44.8 Å². The maximum atomic E-state index is 12.7. The zero-order chi connectivity index (χ0) is 25.3. The summed E-state index contributed by atoms with van der Waals surface area (Å²) in [6.07, 6.45) is 0.505. The van der Waals surface area contributed by atoms with Gasteiger partial charge in [-0.05, 0) is 54.7 Å². The summed E-state index contributed by atoms with van der Waals surface area (Å²) in [6, 6.07) is 24.6. The van der Waals surface area contributed by atoms with Crippen LogP contribution in [0, 0.1) is 0 Å². The number of nitrogens with one attached hydrogen (secondary N) is 1. The number of fused-ring (bicyclic) bond motifs is 3. The van der Waals surface area contributed by atoms with Crippen molar-refractivity contribution in [3.05, 3.63) is 83.9 Å². The second-order valence-corrected chi connectivity index (χ2v) is 8.66. The molecule has 3 aromatic rings. The number of anilines is 1. The topological polar surface area (TPSA) is 63.2 Å². The molecule has 0 aliphatic heterocycles. The Labute approximate surface area is 214 Å². The zero-order valence-corrected chi connectivity index (χ0v) is 21.4. The molecule has 0 fully saturated rings. The van der Waals surface area contributed by atoms with Gasteiger partial charge in [0.05, 0.1) is 13.2 Å². The summed E-state index contributed by atoms with van der Waals surface area (Å²) < 4.78 is 11.5. The maximum Gasteiger partial charge on any atom is 0.407 e. The van der Waals surface area contributed by atoms with Gasteiger partial charge in [0.15, 0.2) is 0 Å². The number of aliphatic imine (C=N–C) groups is 1. The highest BCUT2D eigenvalue weighted by molar-refractivity contribution is 6.00. The minimum atomic E-state index is -0.447. The molecule has 0 spiro atoms. The van der Waals surface area contributed by atoms with E-state index >= 15 is 0 Å². The second kappa shape index (κ2) is 12.2. The van der Waals surface area contributed by atoms with Gasteiger partial charge >= 0.3 is 6.09 Å². The predicted molar refractivity (Wildman–Crippen MR) is 146 cm³/mol. The number of amides is 1. The third kappa shape index (κ3) is 5.70. The number of hydrogen-bond donors (Lipinski definition) is 1. The van der Waals surface area contributed by atoms with E-state index in [9.17, 15) is 4.79 Å². The van der Waals surface area contributed by atoms with Crippen LogP contribution in [0.1, 0.15) is 44.2 Å². The van der Waals surface area contributed by atoms with Gasteiger partial charge in [0.1, 0.15) is 18.2 Å². The van der Waals surface area contributed by atoms with E-state index in [-0.39, 0.29) is 19.1 Å². The molecule has 188 valence electrons. The van der Waals surface area contributed by atoms with Gasteiger partial charge in [0.25, 0.3) is 0 Å². The Bertz CT molecular complexity index is 1160. The molecule has 3 aromatic carbocycles. The second-order valence-electron chi connectivity index (χ2n) is 8.66. The number of alkyl carbamates (subject to hydrolysis) is 1. The minimum Gasteiger partial charge on any atom is -0.494 e. The summed E-state index contributed by atoms with van der Waals surface area (Å²) in [5, 5.41) is 2.91. The lowest BCUT2D eigenvalue weighted by Crippen LogP contribution is -2.41. The molecule has 0 heterocycles. The summed E-state index contributed by atoms with van der Waals surface area (Å²) in [4.78, 5) is 19.5. The smallest absolute Gasteiger partial charge is 0.407 e. The van der Waals surface area contributed by atoms with E-state index in [4.69, 9.17) is 9.47 Å². The Kier molecular flexibility index (Phi) is 8.61. The van der Waals surface area contributed by atoms with Crippen molar-refractivity contribution in [3.63, 3.8) is 0 Å². The van der Waals surface area contributed by atoms with Crippen LogP contribution in [-0.2, 0) is 4.74 Å². The lowest BCUT2D eigenvalue weighted by molar-refractivity contribution is 0.144. The number of ether oxygens (including phenoxy) is 2. The quantitative estimate of drug-likeness (QED) is 0.272. The van der Waals surface area contributed by atoms with Crippen molar-refractivity contribution in [2.24, 2.45) is 4.99 Å². The van der Waals surface area contributed by atoms with E-state index in [0.717, 1.165) is 23.7 Å². The molecule has 0 atom stereocenters.